The van der Waals surface area contributed by atoms with Gasteiger partial charge in [0.25, 0.3) is 0 Å². The van der Waals surface area contributed by atoms with Crippen molar-refractivity contribution in [1.82, 2.24) is 15.2 Å². The van der Waals surface area contributed by atoms with Crippen molar-refractivity contribution in [3.05, 3.63) is 69.1 Å². The lowest BCUT2D eigenvalue weighted by molar-refractivity contribution is -0.142. The molecule has 228 valence electrons. The summed E-state index contributed by atoms with van der Waals surface area (Å²) in [7, 11) is 0. The first-order chi connectivity index (χ1) is 21.0. The van der Waals surface area contributed by atoms with Gasteiger partial charge >= 0.3 is 5.97 Å². The fourth-order valence-corrected chi connectivity index (χ4v) is 7.67. The minimum atomic E-state index is -0.565. The molecule has 3 heterocycles. The lowest BCUT2D eigenvalue weighted by Crippen LogP contribution is -2.42. The molecule has 0 bridgehead atoms. The number of aromatic nitrogens is 3. The summed E-state index contributed by atoms with van der Waals surface area (Å²) in [5, 5.41) is 24.1. The van der Waals surface area contributed by atoms with Gasteiger partial charge in [0, 0.05) is 23.1 Å². The maximum absolute atomic E-state index is 13.7. The standard InChI is InChI=1S/C30H31N7O4S3/c1-5-41-23(40)10-18-14-42-27(33-18)34-22(39)15-43-29-36-35-28(44-29)37-20-11-30(3,4)12-21(38)25(20)24(19(13-31)26(37)32)17-8-6-16(2)7-9-17/h6-9,14,24H,5,10-12,15,32H2,1-4H3,(H,33,34,39). The van der Waals surface area contributed by atoms with Crippen LogP contribution >= 0.6 is 34.4 Å². The number of anilines is 2. The third-order valence-corrected chi connectivity index (χ3v) is 9.98. The van der Waals surface area contributed by atoms with Crippen molar-refractivity contribution in [1.29, 1.82) is 5.26 Å². The van der Waals surface area contributed by atoms with Crippen LogP contribution in [0.1, 0.15) is 56.4 Å². The van der Waals surface area contributed by atoms with E-state index in [1.54, 1.807) is 17.2 Å². The van der Waals surface area contributed by atoms with E-state index in [-0.39, 0.29) is 46.6 Å². The number of Topliss-reactive ketones (excluding diaryl/α,β-unsaturated/α-hetero) is 1. The predicted octanol–water partition coefficient (Wildman–Crippen LogP) is 5.08. The summed E-state index contributed by atoms with van der Waals surface area (Å²) in [6.07, 6.45) is 0.958. The minimum Gasteiger partial charge on any atom is -0.466 e. The van der Waals surface area contributed by atoms with Crippen LogP contribution in [0.15, 0.2) is 56.6 Å². The third kappa shape index (κ3) is 6.69. The zero-order valence-corrected chi connectivity index (χ0v) is 27.1. The largest absolute Gasteiger partial charge is 0.466 e. The highest BCUT2D eigenvalue weighted by molar-refractivity contribution is 8.01. The smallest absolute Gasteiger partial charge is 0.311 e. The Labute approximate surface area is 267 Å². The van der Waals surface area contributed by atoms with E-state index in [2.05, 4.69) is 26.6 Å². The molecule has 0 saturated heterocycles. The lowest BCUT2D eigenvalue weighted by Gasteiger charge is -2.42. The summed E-state index contributed by atoms with van der Waals surface area (Å²) in [6, 6.07) is 10.1. The van der Waals surface area contributed by atoms with Crippen molar-refractivity contribution in [3.8, 4) is 6.07 Å². The molecule has 3 N–H and O–H groups in total. The van der Waals surface area contributed by atoms with Crippen LogP contribution in [0.3, 0.4) is 0 Å². The van der Waals surface area contributed by atoms with Gasteiger partial charge in [0.05, 0.1) is 42.0 Å². The molecule has 0 fully saturated rings. The number of thioether (sulfide) groups is 1. The zero-order chi connectivity index (χ0) is 31.6. The van der Waals surface area contributed by atoms with Gasteiger partial charge in [-0.1, -0.05) is 66.8 Å². The van der Waals surface area contributed by atoms with E-state index in [0.29, 0.717) is 45.3 Å². The number of hydrogen-bond donors (Lipinski definition) is 2. The molecule has 0 radical (unpaired) electrons. The van der Waals surface area contributed by atoms with E-state index in [4.69, 9.17) is 10.5 Å². The van der Waals surface area contributed by atoms with Crippen molar-refractivity contribution in [2.45, 2.75) is 57.2 Å². The van der Waals surface area contributed by atoms with Crippen LogP contribution in [0.2, 0.25) is 0 Å². The number of carbonyl (C=O) groups is 3. The van der Waals surface area contributed by atoms with E-state index in [9.17, 15) is 19.6 Å². The monoisotopic (exact) mass is 649 g/mol. The predicted molar refractivity (Wildman–Crippen MR) is 170 cm³/mol. The van der Waals surface area contributed by atoms with Crippen LogP contribution in [0, 0.1) is 23.7 Å². The second-order valence-electron chi connectivity index (χ2n) is 11.2. The maximum Gasteiger partial charge on any atom is 0.311 e. The van der Waals surface area contributed by atoms with Crippen LogP contribution in [-0.2, 0) is 25.5 Å². The van der Waals surface area contributed by atoms with Gasteiger partial charge in [-0.15, -0.1) is 21.5 Å². The number of nitrogens with two attached hydrogens (primary N) is 1. The van der Waals surface area contributed by atoms with Gasteiger partial charge in [0.15, 0.2) is 15.3 Å². The highest BCUT2D eigenvalue weighted by Crippen LogP contribution is 2.50. The molecule has 2 aromatic heterocycles. The van der Waals surface area contributed by atoms with Crippen LogP contribution in [0.25, 0.3) is 0 Å². The first-order valence-electron chi connectivity index (χ1n) is 13.9. The molecule has 1 aliphatic carbocycles. The number of thiazole rings is 1. The molecule has 11 nitrogen and oxygen atoms in total. The number of nitrogens with one attached hydrogen (secondary N) is 1. The molecule has 5 rings (SSSR count). The SMILES string of the molecule is CCOC(=O)Cc1csc(NC(=O)CSc2nnc(N3C(N)=C(C#N)C(c4ccc(C)cc4)C4=C3CC(C)(C)CC4=O)s2)n1. The van der Waals surface area contributed by atoms with E-state index >= 15 is 0 Å². The number of amides is 1. The second kappa shape index (κ2) is 12.9. The number of hydrogen-bond acceptors (Lipinski definition) is 13. The van der Waals surface area contributed by atoms with Crippen molar-refractivity contribution < 1.29 is 19.1 Å². The zero-order valence-electron chi connectivity index (χ0n) is 24.7. The summed E-state index contributed by atoms with van der Waals surface area (Å²) in [4.78, 5) is 44.0. The van der Waals surface area contributed by atoms with Crippen LogP contribution in [0.4, 0.5) is 10.3 Å². The Kier molecular flexibility index (Phi) is 9.19. The van der Waals surface area contributed by atoms with Crippen molar-refractivity contribution >= 4 is 62.4 Å². The second-order valence-corrected chi connectivity index (χ2v) is 14.2. The maximum atomic E-state index is 13.7. The molecular formula is C30H31N7O4S3. The summed E-state index contributed by atoms with van der Waals surface area (Å²) >= 11 is 3.65. The summed E-state index contributed by atoms with van der Waals surface area (Å²) in [6.45, 7) is 8.09. The van der Waals surface area contributed by atoms with Gasteiger partial charge in [-0.25, -0.2) is 4.98 Å². The number of carbonyl (C=O) groups excluding carboxylic acids is 3. The fourth-order valence-electron chi connectivity index (χ4n) is 5.26. The molecule has 1 unspecified atom stereocenters. The average molecular weight is 650 g/mol. The third-order valence-electron chi connectivity index (χ3n) is 7.13. The number of nitriles is 1. The van der Waals surface area contributed by atoms with Crippen molar-refractivity contribution in [2.24, 2.45) is 11.1 Å². The Bertz CT molecular complexity index is 1720. The number of allylic oxidation sites excluding steroid dienone is 3. The Morgan fingerprint density at radius 2 is 2.00 bits per heavy atom. The highest BCUT2D eigenvalue weighted by Gasteiger charge is 2.45. The minimum absolute atomic E-state index is 0.0181. The molecule has 3 aromatic rings. The number of rotatable bonds is 9. The van der Waals surface area contributed by atoms with Gasteiger partial charge < -0.3 is 15.8 Å². The van der Waals surface area contributed by atoms with E-state index < -0.39 is 5.92 Å². The molecule has 1 atom stereocenters. The van der Waals surface area contributed by atoms with Crippen LogP contribution in [-0.4, -0.2) is 45.2 Å². The summed E-state index contributed by atoms with van der Waals surface area (Å²) in [5.41, 5.74) is 10.4. The number of aryl methyl sites for hydroxylation is 1. The molecular weight excluding hydrogens is 619 g/mol. The Morgan fingerprint density at radius 1 is 1.25 bits per heavy atom. The number of benzene rings is 1. The average Bonchev–Trinajstić information content (AvgIpc) is 3.60. The molecule has 14 heteroatoms. The van der Waals surface area contributed by atoms with E-state index in [1.807, 2.05) is 45.0 Å². The molecule has 1 aromatic carbocycles. The lowest BCUT2D eigenvalue weighted by atomic mass is 9.68. The van der Waals surface area contributed by atoms with E-state index in [0.717, 1.165) is 16.8 Å². The van der Waals surface area contributed by atoms with Crippen molar-refractivity contribution in [3.63, 3.8) is 0 Å². The number of ketones is 1. The van der Waals surface area contributed by atoms with Gasteiger partial charge in [0.1, 0.15) is 5.82 Å². The van der Waals surface area contributed by atoms with Gasteiger partial charge in [-0.05, 0) is 31.2 Å². The van der Waals surface area contributed by atoms with Crippen LogP contribution in [0.5, 0.6) is 0 Å². The van der Waals surface area contributed by atoms with Gasteiger partial charge in [-0.2, -0.15) is 5.26 Å². The summed E-state index contributed by atoms with van der Waals surface area (Å²) in [5.74, 6) is -0.988. The molecule has 1 amide bonds. The Balaban J connectivity index is 1.36. The molecule has 2 aliphatic rings. The topological polar surface area (TPSA) is 164 Å². The first kappa shape index (κ1) is 31.4. The normalized spacial score (nSPS) is 17.8. The van der Waals surface area contributed by atoms with E-state index in [1.165, 1.54) is 34.4 Å². The first-order valence-corrected chi connectivity index (χ1v) is 16.6. The molecule has 44 heavy (non-hydrogen) atoms. The Morgan fingerprint density at radius 3 is 2.70 bits per heavy atom. The highest BCUT2D eigenvalue weighted by atomic mass is 32.2. The van der Waals surface area contributed by atoms with Crippen molar-refractivity contribution in [2.75, 3.05) is 22.6 Å². The number of nitrogens with zero attached hydrogens (tertiary/aromatic N) is 5. The Hall–Kier alpha value is -4.06. The van der Waals surface area contributed by atoms with Crippen LogP contribution < -0.4 is 16.0 Å². The van der Waals surface area contributed by atoms with Gasteiger partial charge in [-0.3, -0.25) is 19.3 Å². The number of ether oxygens (including phenoxy) is 1. The fraction of sp³-hybridized carbons (Fsp3) is 0.367. The molecule has 0 spiro atoms. The molecule has 0 saturated carbocycles. The molecule has 1 aliphatic heterocycles. The number of esters is 1. The van der Waals surface area contributed by atoms with Gasteiger partial charge in [0.2, 0.25) is 11.0 Å². The summed E-state index contributed by atoms with van der Waals surface area (Å²) < 4.78 is 5.46. The quantitative estimate of drug-likeness (QED) is 0.235.